The molecule has 1 aliphatic heterocycles. The molecule has 1 fully saturated rings. The summed E-state index contributed by atoms with van der Waals surface area (Å²) in [6.45, 7) is 0. The molecule has 0 bridgehead atoms. The van der Waals surface area contributed by atoms with E-state index in [1.54, 1.807) is 6.07 Å². The van der Waals surface area contributed by atoms with Crippen molar-refractivity contribution in [3.05, 3.63) is 23.5 Å². The van der Waals surface area contributed by atoms with Crippen LogP contribution in [0.1, 0.15) is 18.4 Å². The highest BCUT2D eigenvalue weighted by molar-refractivity contribution is 6.09. The molecule has 2 aliphatic rings. The molecule has 1 heterocycles. The van der Waals surface area contributed by atoms with Gasteiger partial charge in [0.1, 0.15) is 5.82 Å². The normalized spacial score (nSPS) is 19.2. The summed E-state index contributed by atoms with van der Waals surface area (Å²) in [5, 5.41) is 4.96. The summed E-state index contributed by atoms with van der Waals surface area (Å²) >= 11 is 0. The van der Waals surface area contributed by atoms with Crippen molar-refractivity contribution in [2.45, 2.75) is 18.3 Å². The van der Waals surface area contributed by atoms with Crippen LogP contribution >= 0.6 is 0 Å². The number of rotatable bonds is 2. The molecule has 0 saturated heterocycles. The Hall–Kier alpha value is -1.91. The van der Waals surface area contributed by atoms with Gasteiger partial charge in [0.05, 0.1) is 11.1 Å². The van der Waals surface area contributed by atoms with Gasteiger partial charge in [-0.25, -0.2) is 4.39 Å². The highest BCUT2D eigenvalue weighted by atomic mass is 19.1. The van der Waals surface area contributed by atoms with Crippen LogP contribution in [0.4, 0.5) is 15.8 Å². The van der Waals surface area contributed by atoms with Gasteiger partial charge in [-0.1, -0.05) is 0 Å². The van der Waals surface area contributed by atoms with Crippen LogP contribution in [0, 0.1) is 5.82 Å². The summed E-state index contributed by atoms with van der Waals surface area (Å²) < 4.78 is 13.6. The molecule has 4 nitrogen and oxygen atoms in total. The Kier molecular flexibility index (Phi) is 1.64. The van der Waals surface area contributed by atoms with E-state index in [4.69, 9.17) is 0 Å². The van der Waals surface area contributed by atoms with Crippen LogP contribution in [0.15, 0.2) is 12.1 Å². The van der Waals surface area contributed by atoms with Gasteiger partial charge in [0.2, 0.25) is 12.3 Å². The van der Waals surface area contributed by atoms with E-state index in [9.17, 15) is 14.0 Å². The maximum absolute atomic E-state index is 13.6. The van der Waals surface area contributed by atoms with Crippen LogP contribution in [0.5, 0.6) is 0 Å². The second-order valence-corrected chi connectivity index (χ2v) is 4.18. The molecule has 16 heavy (non-hydrogen) atoms. The van der Waals surface area contributed by atoms with Gasteiger partial charge >= 0.3 is 0 Å². The van der Waals surface area contributed by atoms with Crippen molar-refractivity contribution in [3.63, 3.8) is 0 Å². The minimum absolute atomic E-state index is 0.135. The Labute approximate surface area is 90.8 Å². The van der Waals surface area contributed by atoms with E-state index in [1.807, 2.05) is 0 Å². The first kappa shape index (κ1) is 9.33. The molecular formula is C11H9FN2O2. The lowest BCUT2D eigenvalue weighted by Gasteiger charge is -2.07. The molecule has 0 atom stereocenters. The van der Waals surface area contributed by atoms with Crippen molar-refractivity contribution >= 4 is 23.7 Å². The van der Waals surface area contributed by atoms with E-state index in [0.29, 0.717) is 17.7 Å². The predicted octanol–water partition coefficient (Wildman–Crippen LogP) is 1.38. The predicted molar refractivity (Wildman–Crippen MR) is 55.6 cm³/mol. The molecule has 1 aromatic rings. The van der Waals surface area contributed by atoms with Crippen molar-refractivity contribution in [2.24, 2.45) is 0 Å². The molecule has 1 saturated carbocycles. The number of halogens is 1. The van der Waals surface area contributed by atoms with Gasteiger partial charge in [-0.15, -0.1) is 0 Å². The summed E-state index contributed by atoms with van der Waals surface area (Å²) in [7, 11) is 0. The molecule has 1 spiro atoms. The highest BCUT2D eigenvalue weighted by Gasteiger charge is 2.57. The first-order valence-electron chi connectivity index (χ1n) is 5.03. The summed E-state index contributed by atoms with van der Waals surface area (Å²) in [4.78, 5) is 22.0. The Bertz CT molecular complexity index is 509. The van der Waals surface area contributed by atoms with E-state index in [-0.39, 0.29) is 11.6 Å². The zero-order chi connectivity index (χ0) is 11.3. The monoisotopic (exact) mass is 220 g/mol. The van der Waals surface area contributed by atoms with E-state index in [2.05, 4.69) is 10.6 Å². The summed E-state index contributed by atoms with van der Waals surface area (Å²) in [5.74, 6) is -0.636. The molecule has 0 unspecified atom stereocenters. The van der Waals surface area contributed by atoms with Crippen molar-refractivity contribution in [1.29, 1.82) is 0 Å². The Morgan fingerprint density at radius 3 is 2.81 bits per heavy atom. The minimum atomic E-state index is -0.531. The second-order valence-electron chi connectivity index (χ2n) is 4.18. The minimum Gasteiger partial charge on any atom is -0.329 e. The molecule has 1 aliphatic carbocycles. The molecule has 2 amide bonds. The molecule has 1 aromatic carbocycles. The van der Waals surface area contributed by atoms with Crippen LogP contribution in [0.3, 0.4) is 0 Å². The van der Waals surface area contributed by atoms with Gasteiger partial charge in [0.15, 0.2) is 0 Å². The summed E-state index contributed by atoms with van der Waals surface area (Å²) in [6, 6.07) is 2.87. The molecule has 5 heteroatoms. The van der Waals surface area contributed by atoms with Gasteiger partial charge in [0, 0.05) is 5.69 Å². The van der Waals surface area contributed by atoms with Crippen molar-refractivity contribution in [3.8, 4) is 0 Å². The molecular weight excluding hydrogens is 211 g/mol. The third kappa shape index (κ3) is 1.02. The second kappa shape index (κ2) is 2.81. The number of benzene rings is 1. The Morgan fingerprint density at radius 1 is 1.44 bits per heavy atom. The van der Waals surface area contributed by atoms with Crippen LogP contribution in [0.25, 0.3) is 0 Å². The molecule has 0 radical (unpaired) electrons. The number of carbonyl (C=O) groups excluding carboxylic acids is 2. The van der Waals surface area contributed by atoms with E-state index >= 15 is 0 Å². The standard InChI is InChI=1S/C11H9FN2O2/c12-8-4-6(13-5-15)3-7-9(8)14-10(16)11(7)1-2-11/h3-5H,1-2H2,(H,13,15)(H,14,16). The highest BCUT2D eigenvalue weighted by Crippen LogP contribution is 2.56. The lowest BCUT2D eigenvalue weighted by Crippen LogP contribution is -2.18. The van der Waals surface area contributed by atoms with Crippen LogP contribution in [-0.2, 0) is 15.0 Å². The number of amides is 2. The van der Waals surface area contributed by atoms with E-state index < -0.39 is 11.2 Å². The fourth-order valence-electron chi connectivity index (χ4n) is 2.24. The van der Waals surface area contributed by atoms with Crippen LogP contribution in [-0.4, -0.2) is 12.3 Å². The van der Waals surface area contributed by atoms with Gasteiger partial charge < -0.3 is 10.6 Å². The zero-order valence-corrected chi connectivity index (χ0v) is 8.34. The third-order valence-corrected chi connectivity index (χ3v) is 3.25. The SMILES string of the molecule is O=CNc1cc(F)c2c(c1)C1(CC1)C(=O)N2. The maximum atomic E-state index is 13.6. The maximum Gasteiger partial charge on any atom is 0.235 e. The quantitative estimate of drug-likeness (QED) is 0.740. The van der Waals surface area contributed by atoms with E-state index in [1.165, 1.54) is 6.07 Å². The number of fused-ring (bicyclic) bond motifs is 2. The van der Waals surface area contributed by atoms with Gasteiger partial charge in [-0.3, -0.25) is 9.59 Å². The first-order chi connectivity index (χ1) is 7.67. The fraction of sp³-hybridized carbons (Fsp3) is 0.273. The summed E-state index contributed by atoms with van der Waals surface area (Å²) in [5.41, 5.74) is 0.784. The van der Waals surface area contributed by atoms with Crippen molar-refractivity contribution in [1.82, 2.24) is 0 Å². The fourth-order valence-corrected chi connectivity index (χ4v) is 2.24. The van der Waals surface area contributed by atoms with Gasteiger partial charge in [-0.05, 0) is 30.5 Å². The smallest absolute Gasteiger partial charge is 0.235 e. The first-order valence-corrected chi connectivity index (χ1v) is 5.03. The number of carbonyl (C=O) groups is 2. The average molecular weight is 220 g/mol. The molecule has 82 valence electrons. The lowest BCUT2D eigenvalue weighted by molar-refractivity contribution is -0.117. The largest absolute Gasteiger partial charge is 0.329 e. The lowest BCUT2D eigenvalue weighted by atomic mass is 9.97. The molecule has 0 aromatic heterocycles. The number of hydrogen-bond donors (Lipinski definition) is 2. The Balaban J connectivity index is 2.16. The topological polar surface area (TPSA) is 58.2 Å². The zero-order valence-electron chi connectivity index (χ0n) is 8.34. The number of nitrogens with one attached hydrogen (secondary N) is 2. The number of hydrogen-bond acceptors (Lipinski definition) is 2. The van der Waals surface area contributed by atoms with Crippen molar-refractivity contribution < 1.29 is 14.0 Å². The third-order valence-electron chi connectivity index (χ3n) is 3.25. The molecule has 3 rings (SSSR count). The van der Waals surface area contributed by atoms with E-state index in [0.717, 1.165) is 12.8 Å². The molecule has 2 N–H and O–H groups in total. The van der Waals surface area contributed by atoms with Crippen LogP contribution < -0.4 is 10.6 Å². The van der Waals surface area contributed by atoms with Crippen molar-refractivity contribution in [2.75, 3.05) is 10.6 Å². The van der Waals surface area contributed by atoms with Gasteiger partial charge in [0.25, 0.3) is 0 Å². The Morgan fingerprint density at radius 2 is 2.19 bits per heavy atom. The van der Waals surface area contributed by atoms with Gasteiger partial charge in [-0.2, -0.15) is 0 Å². The summed E-state index contributed by atoms with van der Waals surface area (Å²) in [6.07, 6.45) is 1.98. The van der Waals surface area contributed by atoms with Crippen LogP contribution in [0.2, 0.25) is 0 Å². The number of anilines is 2. The average Bonchev–Trinajstić information content (AvgIpc) is 2.97.